The highest BCUT2D eigenvalue weighted by Gasteiger charge is 2.14. The Balaban J connectivity index is 1.60. The summed E-state index contributed by atoms with van der Waals surface area (Å²) in [5, 5.41) is 8.44. The summed E-state index contributed by atoms with van der Waals surface area (Å²) in [5.41, 5.74) is 2.36. The summed E-state index contributed by atoms with van der Waals surface area (Å²) >= 11 is 0. The molecule has 0 bridgehead atoms. The molecule has 0 amide bonds. The van der Waals surface area contributed by atoms with Gasteiger partial charge in [-0.2, -0.15) is 0 Å². The molecule has 0 aliphatic carbocycles. The fourth-order valence-electron chi connectivity index (χ4n) is 3.64. The number of aromatic nitrogens is 5. The van der Waals surface area contributed by atoms with Crippen LogP contribution >= 0.6 is 0 Å². The van der Waals surface area contributed by atoms with E-state index in [1.54, 1.807) is 25.4 Å². The van der Waals surface area contributed by atoms with Crippen LogP contribution in [0.1, 0.15) is 16.8 Å². The monoisotopic (exact) mass is 437 g/mol. The van der Waals surface area contributed by atoms with E-state index < -0.39 is 5.56 Å². The van der Waals surface area contributed by atoms with E-state index in [0.29, 0.717) is 17.4 Å². The molecule has 8 heteroatoms. The van der Waals surface area contributed by atoms with Gasteiger partial charge in [-0.05, 0) is 53.6 Å². The van der Waals surface area contributed by atoms with Gasteiger partial charge in [0, 0.05) is 11.6 Å². The first kappa shape index (κ1) is 20.3. The number of hydrogen-bond donors (Lipinski definition) is 1. The van der Waals surface area contributed by atoms with Crippen molar-refractivity contribution >= 4 is 34.1 Å². The Labute approximate surface area is 187 Å². The van der Waals surface area contributed by atoms with Crippen molar-refractivity contribution in [1.29, 1.82) is 0 Å². The molecule has 0 saturated heterocycles. The second kappa shape index (κ2) is 8.51. The van der Waals surface area contributed by atoms with E-state index in [4.69, 9.17) is 4.74 Å². The summed E-state index contributed by atoms with van der Waals surface area (Å²) < 4.78 is 6.64. The Kier molecular flexibility index (Phi) is 5.24. The lowest BCUT2D eigenvalue weighted by Crippen LogP contribution is -2.10. The zero-order valence-corrected chi connectivity index (χ0v) is 17.7. The molecule has 0 aliphatic rings. The van der Waals surface area contributed by atoms with Gasteiger partial charge in [0.05, 0.1) is 24.9 Å². The molecule has 0 fully saturated rings. The summed E-state index contributed by atoms with van der Waals surface area (Å²) in [6, 6.07) is 18.3. The van der Waals surface area contributed by atoms with Gasteiger partial charge in [-0.15, -0.1) is 5.10 Å². The maximum atomic E-state index is 13.4. The number of nitrogens with zero attached hydrogens (tertiary/aromatic N) is 4. The molecule has 5 rings (SSSR count). The topological polar surface area (TPSA) is 103 Å². The SMILES string of the molecule is COc1ccc(Cn2nnc3c(=O)[nH]c4cc(/C=C/c5ccccn5)ccc4c(=O)c32)cc1. The van der Waals surface area contributed by atoms with Crippen LogP contribution in [0.15, 0.2) is 76.4 Å². The number of hydrogen-bond acceptors (Lipinski definition) is 6. The smallest absolute Gasteiger partial charge is 0.278 e. The van der Waals surface area contributed by atoms with Crippen LogP contribution in [0.25, 0.3) is 34.1 Å². The lowest BCUT2D eigenvalue weighted by atomic mass is 10.1. The summed E-state index contributed by atoms with van der Waals surface area (Å²) in [5.74, 6) is 0.730. The first-order valence-corrected chi connectivity index (χ1v) is 10.3. The van der Waals surface area contributed by atoms with Crippen molar-refractivity contribution in [1.82, 2.24) is 25.0 Å². The van der Waals surface area contributed by atoms with Crippen molar-refractivity contribution in [2.75, 3.05) is 7.11 Å². The van der Waals surface area contributed by atoms with Gasteiger partial charge < -0.3 is 9.72 Å². The van der Waals surface area contributed by atoms with Crippen molar-refractivity contribution in [3.8, 4) is 5.75 Å². The first-order chi connectivity index (χ1) is 16.1. The van der Waals surface area contributed by atoms with Crippen LogP contribution < -0.4 is 15.7 Å². The predicted molar refractivity (Wildman–Crippen MR) is 127 cm³/mol. The van der Waals surface area contributed by atoms with Gasteiger partial charge in [0.2, 0.25) is 5.43 Å². The second-order valence-electron chi connectivity index (χ2n) is 7.47. The van der Waals surface area contributed by atoms with E-state index >= 15 is 0 Å². The van der Waals surface area contributed by atoms with Crippen molar-refractivity contribution in [3.63, 3.8) is 0 Å². The molecule has 5 aromatic rings. The van der Waals surface area contributed by atoms with Crippen LogP contribution in [0, 0.1) is 0 Å². The summed E-state index contributed by atoms with van der Waals surface area (Å²) in [6.45, 7) is 0.297. The minimum atomic E-state index is -0.469. The second-order valence-corrected chi connectivity index (χ2v) is 7.47. The van der Waals surface area contributed by atoms with Gasteiger partial charge >= 0.3 is 0 Å². The van der Waals surface area contributed by atoms with Crippen LogP contribution in [-0.2, 0) is 6.54 Å². The fourth-order valence-corrected chi connectivity index (χ4v) is 3.64. The molecule has 3 aromatic heterocycles. The van der Waals surface area contributed by atoms with Crippen molar-refractivity contribution in [2.24, 2.45) is 0 Å². The highest BCUT2D eigenvalue weighted by Crippen LogP contribution is 2.16. The van der Waals surface area contributed by atoms with E-state index in [1.165, 1.54) is 4.68 Å². The average molecular weight is 437 g/mol. The first-order valence-electron chi connectivity index (χ1n) is 10.3. The molecule has 8 nitrogen and oxygen atoms in total. The maximum Gasteiger partial charge on any atom is 0.278 e. The predicted octanol–water partition coefficient (Wildman–Crippen LogP) is 3.26. The number of rotatable bonds is 5. The average Bonchev–Trinajstić information content (AvgIpc) is 3.23. The summed E-state index contributed by atoms with van der Waals surface area (Å²) in [7, 11) is 1.60. The molecule has 0 saturated carbocycles. The van der Waals surface area contributed by atoms with Gasteiger partial charge in [0.25, 0.3) is 5.56 Å². The van der Waals surface area contributed by atoms with Crippen LogP contribution in [0.2, 0.25) is 0 Å². The minimum absolute atomic E-state index is 0.00953. The quantitative estimate of drug-likeness (QED) is 0.453. The fraction of sp³-hybridized carbons (Fsp3) is 0.0800. The summed E-state index contributed by atoms with van der Waals surface area (Å²) in [6.07, 6.45) is 5.46. The Morgan fingerprint density at radius 2 is 1.88 bits per heavy atom. The third-order valence-corrected chi connectivity index (χ3v) is 5.33. The molecule has 33 heavy (non-hydrogen) atoms. The zero-order chi connectivity index (χ0) is 22.8. The Hall–Kier alpha value is -4.59. The molecule has 0 unspecified atom stereocenters. The summed E-state index contributed by atoms with van der Waals surface area (Å²) in [4.78, 5) is 33.3. The van der Waals surface area contributed by atoms with Crippen molar-refractivity contribution in [3.05, 3.63) is 104 Å². The largest absolute Gasteiger partial charge is 0.497 e. The van der Waals surface area contributed by atoms with Crippen molar-refractivity contribution < 1.29 is 4.74 Å². The number of H-pyrrole nitrogens is 1. The standard InChI is InChI=1S/C25H19N5O3/c1-33-19-10-6-17(7-11-19)15-30-23-22(28-29-30)25(32)27-21-14-16(8-12-20(21)24(23)31)5-9-18-4-2-3-13-26-18/h2-14H,15H2,1H3,(H,27,32)/b9-5+. The van der Waals surface area contributed by atoms with Crippen LogP contribution in [0.5, 0.6) is 5.75 Å². The molecule has 1 N–H and O–H groups in total. The normalized spacial score (nSPS) is 11.4. The number of pyridine rings is 1. The highest BCUT2D eigenvalue weighted by atomic mass is 16.5. The molecular weight excluding hydrogens is 418 g/mol. The Morgan fingerprint density at radius 3 is 2.64 bits per heavy atom. The molecular formula is C25H19N5O3. The molecule has 2 aromatic carbocycles. The molecule has 0 aliphatic heterocycles. The number of methoxy groups -OCH3 is 1. The molecule has 0 radical (unpaired) electrons. The van der Waals surface area contributed by atoms with Gasteiger partial charge in [-0.1, -0.05) is 35.6 Å². The Morgan fingerprint density at radius 1 is 1.03 bits per heavy atom. The highest BCUT2D eigenvalue weighted by molar-refractivity contribution is 5.88. The van der Waals surface area contributed by atoms with Crippen molar-refractivity contribution in [2.45, 2.75) is 6.54 Å². The van der Waals surface area contributed by atoms with E-state index in [9.17, 15) is 9.59 Å². The number of ether oxygens (including phenoxy) is 1. The lowest BCUT2D eigenvalue weighted by Gasteiger charge is -2.04. The Bertz CT molecular complexity index is 1600. The third-order valence-electron chi connectivity index (χ3n) is 5.33. The zero-order valence-electron chi connectivity index (χ0n) is 17.7. The number of fused-ring (bicyclic) bond motifs is 2. The molecule has 3 heterocycles. The van der Waals surface area contributed by atoms with E-state index in [-0.39, 0.29) is 16.5 Å². The number of nitrogens with one attached hydrogen (secondary N) is 1. The number of aromatic amines is 1. The molecule has 0 atom stereocenters. The number of benzene rings is 2. The van der Waals surface area contributed by atoms with E-state index in [2.05, 4.69) is 20.3 Å². The molecule has 162 valence electrons. The van der Waals surface area contributed by atoms with Gasteiger partial charge in [0.15, 0.2) is 5.52 Å². The van der Waals surface area contributed by atoms with E-state index in [0.717, 1.165) is 22.6 Å². The van der Waals surface area contributed by atoms with Crippen LogP contribution in [0.3, 0.4) is 0 Å². The maximum absolute atomic E-state index is 13.4. The van der Waals surface area contributed by atoms with E-state index in [1.807, 2.05) is 60.7 Å². The van der Waals surface area contributed by atoms with Gasteiger partial charge in [0.1, 0.15) is 11.3 Å². The van der Waals surface area contributed by atoms with Gasteiger partial charge in [-0.3, -0.25) is 14.6 Å². The van der Waals surface area contributed by atoms with Crippen LogP contribution in [0.4, 0.5) is 0 Å². The van der Waals surface area contributed by atoms with Crippen LogP contribution in [-0.4, -0.2) is 32.1 Å². The van der Waals surface area contributed by atoms with Gasteiger partial charge in [-0.25, -0.2) is 4.68 Å². The molecule has 0 spiro atoms. The third kappa shape index (κ3) is 4.01. The lowest BCUT2D eigenvalue weighted by molar-refractivity contribution is 0.414. The minimum Gasteiger partial charge on any atom is -0.497 e.